The second-order valence-corrected chi connectivity index (χ2v) is 4.68. The lowest BCUT2D eigenvalue weighted by atomic mass is 10.3. The van der Waals surface area contributed by atoms with Crippen molar-refractivity contribution in [2.24, 2.45) is 5.73 Å². The Bertz CT molecular complexity index is 310. The van der Waals surface area contributed by atoms with Crippen LogP contribution in [0.25, 0.3) is 0 Å². The van der Waals surface area contributed by atoms with E-state index in [1.807, 2.05) is 22.4 Å². The molecule has 1 saturated heterocycles. The van der Waals surface area contributed by atoms with E-state index >= 15 is 0 Å². The Morgan fingerprint density at radius 1 is 1.71 bits per heavy atom. The Morgan fingerprint density at radius 3 is 3.14 bits per heavy atom. The third kappa shape index (κ3) is 2.13. The molecule has 1 atom stereocenters. The first-order chi connectivity index (χ1) is 6.75. The van der Waals surface area contributed by atoms with Gasteiger partial charge < -0.3 is 10.6 Å². The van der Waals surface area contributed by atoms with Gasteiger partial charge in [-0.05, 0) is 17.9 Å². The van der Waals surface area contributed by atoms with E-state index in [4.69, 9.17) is 5.73 Å². The van der Waals surface area contributed by atoms with Crippen molar-refractivity contribution < 1.29 is 4.79 Å². The van der Waals surface area contributed by atoms with Crippen molar-refractivity contribution in [3.63, 3.8) is 0 Å². The van der Waals surface area contributed by atoms with Gasteiger partial charge in [0.1, 0.15) is 0 Å². The molecule has 1 aromatic rings. The van der Waals surface area contributed by atoms with Gasteiger partial charge in [0, 0.05) is 24.0 Å². The van der Waals surface area contributed by atoms with Crippen molar-refractivity contribution in [3.05, 3.63) is 22.4 Å². The Morgan fingerprint density at radius 2 is 2.57 bits per heavy atom. The molecule has 76 valence electrons. The summed E-state index contributed by atoms with van der Waals surface area (Å²) in [6.45, 7) is 1.55. The van der Waals surface area contributed by atoms with Gasteiger partial charge >= 0.3 is 0 Å². The molecular formula is C10H14N2OS. The van der Waals surface area contributed by atoms with E-state index in [-0.39, 0.29) is 11.9 Å². The standard InChI is InChI=1S/C10H14N2OS/c11-8-3-4-12(7-8)10(13)6-9-2-1-5-14-9/h1-2,5,8H,3-4,6-7,11H2/t8-/m1/s1. The number of nitrogens with two attached hydrogens (primary N) is 1. The first-order valence-corrected chi connectivity index (χ1v) is 5.69. The molecule has 14 heavy (non-hydrogen) atoms. The highest BCUT2D eigenvalue weighted by atomic mass is 32.1. The van der Waals surface area contributed by atoms with Crippen molar-refractivity contribution in [3.8, 4) is 0 Å². The second-order valence-electron chi connectivity index (χ2n) is 3.64. The Labute approximate surface area is 87.5 Å². The third-order valence-electron chi connectivity index (χ3n) is 2.48. The van der Waals surface area contributed by atoms with Crippen LogP contribution in [0.15, 0.2) is 17.5 Å². The molecule has 1 aliphatic rings. The third-order valence-corrected chi connectivity index (χ3v) is 3.36. The molecule has 0 saturated carbocycles. The number of likely N-dealkylation sites (tertiary alicyclic amines) is 1. The Kier molecular flexibility index (Phi) is 2.84. The highest BCUT2D eigenvalue weighted by Crippen LogP contribution is 2.13. The summed E-state index contributed by atoms with van der Waals surface area (Å²) in [5.41, 5.74) is 5.75. The van der Waals surface area contributed by atoms with Gasteiger partial charge in [-0.25, -0.2) is 0 Å². The predicted octanol–water partition coefficient (Wildman–Crippen LogP) is 0.850. The van der Waals surface area contributed by atoms with Gasteiger partial charge in [-0.15, -0.1) is 11.3 Å². The molecular weight excluding hydrogens is 196 g/mol. The van der Waals surface area contributed by atoms with Gasteiger partial charge in [0.15, 0.2) is 0 Å². The van der Waals surface area contributed by atoms with Gasteiger partial charge in [-0.3, -0.25) is 4.79 Å². The predicted molar refractivity (Wildman–Crippen MR) is 57.2 cm³/mol. The molecule has 1 aromatic heterocycles. The number of hydrogen-bond donors (Lipinski definition) is 1. The molecule has 1 fully saturated rings. The van der Waals surface area contributed by atoms with E-state index in [9.17, 15) is 4.79 Å². The quantitative estimate of drug-likeness (QED) is 0.786. The Hall–Kier alpha value is -0.870. The van der Waals surface area contributed by atoms with Gasteiger partial charge in [0.05, 0.1) is 6.42 Å². The van der Waals surface area contributed by atoms with E-state index in [1.54, 1.807) is 11.3 Å². The van der Waals surface area contributed by atoms with Crippen LogP contribution in [0.1, 0.15) is 11.3 Å². The number of amides is 1. The van der Waals surface area contributed by atoms with Crippen LogP contribution in [0, 0.1) is 0 Å². The molecule has 0 aromatic carbocycles. The maximum Gasteiger partial charge on any atom is 0.227 e. The number of hydrogen-bond acceptors (Lipinski definition) is 3. The zero-order chi connectivity index (χ0) is 9.97. The topological polar surface area (TPSA) is 46.3 Å². The minimum atomic E-state index is 0.183. The zero-order valence-electron chi connectivity index (χ0n) is 7.98. The lowest BCUT2D eigenvalue weighted by Crippen LogP contribution is -2.32. The van der Waals surface area contributed by atoms with E-state index < -0.39 is 0 Å². The molecule has 1 amide bonds. The Balaban J connectivity index is 1.90. The van der Waals surface area contributed by atoms with Gasteiger partial charge in [-0.1, -0.05) is 6.07 Å². The minimum absolute atomic E-state index is 0.183. The van der Waals surface area contributed by atoms with Crippen molar-refractivity contribution in [2.45, 2.75) is 18.9 Å². The fourth-order valence-corrected chi connectivity index (χ4v) is 2.38. The van der Waals surface area contributed by atoms with Crippen LogP contribution in [0.2, 0.25) is 0 Å². The maximum absolute atomic E-state index is 11.7. The number of nitrogens with zero attached hydrogens (tertiary/aromatic N) is 1. The molecule has 4 heteroatoms. The summed E-state index contributed by atoms with van der Waals surface area (Å²) < 4.78 is 0. The molecule has 3 nitrogen and oxygen atoms in total. The molecule has 0 aliphatic carbocycles. The van der Waals surface area contributed by atoms with E-state index in [2.05, 4.69) is 0 Å². The molecule has 0 unspecified atom stereocenters. The highest BCUT2D eigenvalue weighted by molar-refractivity contribution is 7.10. The van der Waals surface area contributed by atoms with Crippen molar-refractivity contribution in [1.29, 1.82) is 0 Å². The van der Waals surface area contributed by atoms with Crippen LogP contribution >= 0.6 is 11.3 Å². The lowest BCUT2D eigenvalue weighted by molar-refractivity contribution is -0.129. The van der Waals surface area contributed by atoms with Gasteiger partial charge in [-0.2, -0.15) is 0 Å². The fraction of sp³-hybridized carbons (Fsp3) is 0.500. The van der Waals surface area contributed by atoms with Crippen LogP contribution in [0.5, 0.6) is 0 Å². The monoisotopic (exact) mass is 210 g/mol. The molecule has 2 heterocycles. The summed E-state index contributed by atoms with van der Waals surface area (Å²) in [6, 6.07) is 4.16. The highest BCUT2D eigenvalue weighted by Gasteiger charge is 2.23. The van der Waals surface area contributed by atoms with Crippen LogP contribution in [-0.2, 0) is 11.2 Å². The van der Waals surface area contributed by atoms with Crippen molar-refractivity contribution in [1.82, 2.24) is 4.90 Å². The molecule has 1 aliphatic heterocycles. The largest absolute Gasteiger partial charge is 0.341 e. The first kappa shape index (κ1) is 9.68. The summed E-state index contributed by atoms with van der Waals surface area (Å²) in [4.78, 5) is 14.7. The molecule has 0 bridgehead atoms. The second kappa shape index (κ2) is 4.11. The van der Waals surface area contributed by atoms with Crippen LogP contribution in [0.4, 0.5) is 0 Å². The van der Waals surface area contributed by atoms with Crippen LogP contribution in [-0.4, -0.2) is 29.9 Å². The molecule has 0 radical (unpaired) electrons. The average Bonchev–Trinajstić information content (AvgIpc) is 2.75. The van der Waals surface area contributed by atoms with Gasteiger partial charge in [0.2, 0.25) is 5.91 Å². The number of carbonyl (C=O) groups excluding carboxylic acids is 1. The zero-order valence-corrected chi connectivity index (χ0v) is 8.80. The fourth-order valence-electron chi connectivity index (χ4n) is 1.69. The average molecular weight is 210 g/mol. The van der Waals surface area contributed by atoms with E-state index in [0.717, 1.165) is 24.4 Å². The van der Waals surface area contributed by atoms with Crippen molar-refractivity contribution >= 4 is 17.2 Å². The van der Waals surface area contributed by atoms with Crippen LogP contribution < -0.4 is 5.73 Å². The van der Waals surface area contributed by atoms with E-state index in [0.29, 0.717) is 6.42 Å². The summed E-state index contributed by atoms with van der Waals surface area (Å²) in [6.07, 6.45) is 1.47. The summed E-state index contributed by atoms with van der Waals surface area (Å²) in [5, 5.41) is 2.00. The normalized spacial score (nSPS) is 21.5. The molecule has 2 N–H and O–H groups in total. The van der Waals surface area contributed by atoms with E-state index in [1.165, 1.54) is 0 Å². The number of rotatable bonds is 2. The summed E-state index contributed by atoms with van der Waals surface area (Å²) in [5.74, 6) is 0.209. The van der Waals surface area contributed by atoms with Crippen LogP contribution in [0.3, 0.4) is 0 Å². The smallest absolute Gasteiger partial charge is 0.227 e. The summed E-state index contributed by atoms with van der Waals surface area (Å²) >= 11 is 1.63. The number of thiophene rings is 1. The minimum Gasteiger partial charge on any atom is -0.341 e. The molecule has 2 rings (SSSR count). The lowest BCUT2D eigenvalue weighted by Gasteiger charge is -2.14. The van der Waals surface area contributed by atoms with Crippen molar-refractivity contribution in [2.75, 3.05) is 13.1 Å². The first-order valence-electron chi connectivity index (χ1n) is 4.81. The number of carbonyl (C=O) groups is 1. The SMILES string of the molecule is N[C@@H]1CCN(C(=O)Cc2cccs2)C1. The summed E-state index contributed by atoms with van der Waals surface area (Å²) in [7, 11) is 0. The molecule has 0 spiro atoms. The maximum atomic E-state index is 11.7. The van der Waals surface area contributed by atoms with Gasteiger partial charge in [0.25, 0.3) is 0 Å².